The van der Waals surface area contributed by atoms with E-state index in [1.165, 1.54) is 4.90 Å². The van der Waals surface area contributed by atoms with Gasteiger partial charge in [-0.25, -0.2) is 4.79 Å². The molecule has 2 aliphatic heterocycles. The molecule has 3 rings (SSSR count). The van der Waals surface area contributed by atoms with Crippen LogP contribution >= 0.6 is 11.6 Å². The maximum absolute atomic E-state index is 12.7. The summed E-state index contributed by atoms with van der Waals surface area (Å²) in [5.74, 6) is 5.21. The molecule has 0 radical (unpaired) electrons. The van der Waals surface area contributed by atoms with E-state index < -0.39 is 17.4 Å². The zero-order valence-corrected chi connectivity index (χ0v) is 15.9. The van der Waals surface area contributed by atoms with E-state index in [9.17, 15) is 19.2 Å². The highest BCUT2D eigenvalue weighted by molar-refractivity contribution is 6.61. The third kappa shape index (κ3) is 4.52. The molecule has 0 spiro atoms. The molecule has 8 heteroatoms. The largest absolute Gasteiger partial charge is 0.454 e. The number of hydrogen-bond acceptors (Lipinski definition) is 5. The zero-order valence-electron chi connectivity index (χ0n) is 15.1. The number of carbonyl (C=O) groups is 4. The molecule has 0 bridgehead atoms. The van der Waals surface area contributed by atoms with Gasteiger partial charge in [0.25, 0.3) is 5.91 Å². The Kier molecular flexibility index (Phi) is 6.32. The highest BCUT2D eigenvalue weighted by atomic mass is 35.5. The lowest BCUT2D eigenvalue weighted by atomic mass is 10.0. The van der Waals surface area contributed by atoms with Crippen molar-refractivity contribution >= 4 is 34.8 Å². The molecule has 1 atom stereocenters. The molecular weight excluding hydrogens is 384 g/mol. The lowest BCUT2D eigenvalue weighted by Gasteiger charge is -2.29. The number of halogens is 1. The highest BCUT2D eigenvalue weighted by Gasteiger charge is 2.39. The first kappa shape index (κ1) is 19.9. The average molecular weight is 403 g/mol. The van der Waals surface area contributed by atoms with E-state index >= 15 is 0 Å². The Morgan fingerprint density at radius 3 is 2.86 bits per heavy atom. The molecule has 0 aliphatic carbocycles. The Balaban J connectivity index is 1.64. The number of carbonyl (C=O) groups excluding carboxylic acids is 4. The topological polar surface area (TPSA) is 92.8 Å². The van der Waals surface area contributed by atoms with Gasteiger partial charge in [0.1, 0.15) is 6.04 Å². The Labute approximate surface area is 167 Å². The number of nitrogens with one attached hydrogen (secondary N) is 1. The Morgan fingerprint density at radius 2 is 2.11 bits per heavy atom. The first-order valence-electron chi connectivity index (χ1n) is 9.05. The van der Waals surface area contributed by atoms with E-state index in [4.69, 9.17) is 11.6 Å². The van der Waals surface area contributed by atoms with Crippen molar-refractivity contribution < 1.29 is 23.9 Å². The summed E-state index contributed by atoms with van der Waals surface area (Å²) in [6, 6.07) is 4.72. The van der Waals surface area contributed by atoms with Crippen LogP contribution in [0.1, 0.15) is 53.6 Å². The second-order valence-electron chi connectivity index (χ2n) is 6.58. The smallest absolute Gasteiger partial charge is 0.403 e. The van der Waals surface area contributed by atoms with Crippen molar-refractivity contribution in [1.29, 1.82) is 0 Å². The normalized spacial score (nSPS) is 18.2. The van der Waals surface area contributed by atoms with Gasteiger partial charge >= 0.3 is 5.43 Å². The molecular formula is C20H19ClN2O5. The quantitative estimate of drug-likeness (QED) is 0.353. The molecule has 1 aromatic rings. The summed E-state index contributed by atoms with van der Waals surface area (Å²) in [7, 11) is 0. The van der Waals surface area contributed by atoms with E-state index in [0.29, 0.717) is 31.4 Å². The van der Waals surface area contributed by atoms with Crippen LogP contribution in [0, 0.1) is 11.8 Å². The number of ether oxygens (including phenoxy) is 1. The summed E-state index contributed by atoms with van der Waals surface area (Å²) in [6.45, 7) is 0.567. The minimum atomic E-state index is -0.809. The van der Waals surface area contributed by atoms with Crippen molar-refractivity contribution in [3.05, 3.63) is 34.9 Å². The van der Waals surface area contributed by atoms with Crippen LogP contribution in [0.4, 0.5) is 4.79 Å². The Hall–Kier alpha value is -2.85. The van der Waals surface area contributed by atoms with Crippen LogP contribution in [0.5, 0.6) is 0 Å². The van der Waals surface area contributed by atoms with Crippen LogP contribution < -0.4 is 5.32 Å². The van der Waals surface area contributed by atoms with Crippen LogP contribution in [-0.4, -0.2) is 40.7 Å². The summed E-state index contributed by atoms with van der Waals surface area (Å²) in [5, 5.41) is 2.29. The standard InChI is InChI=1S/C20H19ClN2O5/c21-20(27)28-11-4-2-1-3-6-13-7-5-8-14-15(13)12-23(19(14)26)16-9-10-17(24)22-18(16)25/h5,7-8,16H,1-2,4,9-12H2,(H,22,24,25). The van der Waals surface area contributed by atoms with E-state index in [1.54, 1.807) is 12.1 Å². The number of hydrogen-bond donors (Lipinski definition) is 1. The average Bonchev–Trinajstić information content (AvgIpc) is 2.98. The van der Waals surface area contributed by atoms with Gasteiger partial charge in [-0.1, -0.05) is 17.9 Å². The Morgan fingerprint density at radius 1 is 1.29 bits per heavy atom. The van der Waals surface area contributed by atoms with E-state index in [1.807, 2.05) is 6.07 Å². The van der Waals surface area contributed by atoms with Gasteiger partial charge in [0.15, 0.2) is 0 Å². The van der Waals surface area contributed by atoms with Gasteiger partial charge in [-0.05, 0) is 37.0 Å². The maximum Gasteiger partial charge on any atom is 0.403 e. The fourth-order valence-corrected chi connectivity index (χ4v) is 3.41. The van der Waals surface area contributed by atoms with Gasteiger partial charge in [-0.15, -0.1) is 0 Å². The van der Waals surface area contributed by atoms with Gasteiger partial charge in [0.2, 0.25) is 11.8 Å². The Bertz CT molecular complexity index is 886. The number of amides is 3. The molecule has 0 saturated carbocycles. The van der Waals surface area contributed by atoms with Crippen molar-refractivity contribution in [3.63, 3.8) is 0 Å². The fraction of sp³-hybridized carbons (Fsp3) is 0.400. The molecule has 7 nitrogen and oxygen atoms in total. The molecule has 1 unspecified atom stereocenters. The molecule has 2 aliphatic rings. The first-order valence-corrected chi connectivity index (χ1v) is 9.43. The molecule has 146 valence electrons. The van der Waals surface area contributed by atoms with Crippen molar-refractivity contribution in [2.45, 2.75) is 44.7 Å². The second kappa shape index (κ2) is 8.89. The molecule has 1 fully saturated rings. The molecule has 1 saturated heterocycles. The lowest BCUT2D eigenvalue weighted by Crippen LogP contribution is -2.52. The second-order valence-corrected chi connectivity index (χ2v) is 6.89. The predicted octanol–water partition coefficient (Wildman–Crippen LogP) is 2.34. The van der Waals surface area contributed by atoms with Gasteiger partial charge < -0.3 is 9.64 Å². The number of imide groups is 1. The predicted molar refractivity (Wildman–Crippen MR) is 100 cm³/mol. The molecule has 28 heavy (non-hydrogen) atoms. The van der Waals surface area contributed by atoms with Gasteiger partial charge in [0.05, 0.1) is 6.61 Å². The van der Waals surface area contributed by atoms with Crippen molar-refractivity contribution in [2.75, 3.05) is 6.61 Å². The van der Waals surface area contributed by atoms with Crippen molar-refractivity contribution in [3.8, 4) is 11.8 Å². The molecule has 0 aromatic heterocycles. The SMILES string of the molecule is O=C1CCC(N2Cc3c(C#CCCCCOC(=O)Cl)cccc3C2=O)C(=O)N1. The van der Waals surface area contributed by atoms with E-state index in [0.717, 1.165) is 17.5 Å². The van der Waals surface area contributed by atoms with Crippen LogP contribution in [0.25, 0.3) is 0 Å². The van der Waals surface area contributed by atoms with Crippen LogP contribution in [0.2, 0.25) is 0 Å². The summed E-state index contributed by atoms with van der Waals surface area (Å²) in [5.41, 5.74) is 1.30. The third-order valence-electron chi connectivity index (χ3n) is 4.72. The number of piperidine rings is 1. The number of rotatable bonds is 5. The monoisotopic (exact) mass is 402 g/mol. The molecule has 1 N–H and O–H groups in total. The lowest BCUT2D eigenvalue weighted by molar-refractivity contribution is -0.136. The first-order chi connectivity index (χ1) is 13.5. The number of benzene rings is 1. The van der Waals surface area contributed by atoms with E-state index in [-0.39, 0.29) is 24.8 Å². The number of unbranched alkanes of at least 4 members (excludes halogenated alkanes) is 2. The summed E-state index contributed by atoms with van der Waals surface area (Å²) in [6.07, 6.45) is 2.60. The van der Waals surface area contributed by atoms with Crippen molar-refractivity contribution in [2.24, 2.45) is 0 Å². The third-order valence-corrected chi connectivity index (χ3v) is 4.83. The van der Waals surface area contributed by atoms with Crippen LogP contribution in [0.3, 0.4) is 0 Å². The maximum atomic E-state index is 12.7. The number of fused-ring (bicyclic) bond motifs is 1. The summed E-state index contributed by atoms with van der Waals surface area (Å²) in [4.78, 5) is 48.2. The molecule has 3 amide bonds. The fourth-order valence-electron chi connectivity index (χ4n) is 3.33. The van der Waals surface area contributed by atoms with Crippen LogP contribution in [-0.2, 0) is 20.9 Å². The zero-order chi connectivity index (χ0) is 20.1. The summed E-state index contributed by atoms with van der Waals surface area (Å²) >= 11 is 5.09. The van der Waals surface area contributed by atoms with E-state index in [2.05, 4.69) is 21.9 Å². The summed E-state index contributed by atoms with van der Waals surface area (Å²) < 4.78 is 4.65. The number of nitrogens with zero attached hydrogens (tertiary/aromatic N) is 1. The molecule has 1 aromatic carbocycles. The van der Waals surface area contributed by atoms with Crippen LogP contribution in [0.15, 0.2) is 18.2 Å². The van der Waals surface area contributed by atoms with Gasteiger partial charge in [-0.2, -0.15) is 0 Å². The minimum Gasteiger partial charge on any atom is -0.454 e. The molecule has 2 heterocycles. The highest BCUT2D eigenvalue weighted by Crippen LogP contribution is 2.29. The van der Waals surface area contributed by atoms with Gasteiger partial charge in [0, 0.05) is 42.1 Å². The minimum absolute atomic E-state index is 0.212. The van der Waals surface area contributed by atoms with Crippen molar-refractivity contribution in [1.82, 2.24) is 10.2 Å². The van der Waals surface area contributed by atoms with Gasteiger partial charge in [-0.3, -0.25) is 19.7 Å².